The summed E-state index contributed by atoms with van der Waals surface area (Å²) < 4.78 is 0. The van der Waals surface area contributed by atoms with Crippen LogP contribution >= 0.6 is 11.3 Å². The molecule has 5 nitrogen and oxygen atoms in total. The van der Waals surface area contributed by atoms with E-state index in [1.165, 1.54) is 35.9 Å². The molecule has 1 unspecified atom stereocenters. The standard InChI is InChI=1S/C20H22N4OS/c1-14-12-18(25)23-19(22-14)16-7-5-15(6-8-16)13-24-10-3-2-4-17(24)20-21-9-11-26-20/h5-9,11-12,17H,2-4,10,13H2,1H3,(H,22,23,25). The Labute approximate surface area is 156 Å². The van der Waals surface area contributed by atoms with Crippen LogP contribution in [0.4, 0.5) is 0 Å². The molecule has 1 fully saturated rings. The van der Waals surface area contributed by atoms with Crippen LogP contribution in [-0.4, -0.2) is 26.4 Å². The molecule has 2 aromatic heterocycles. The Balaban J connectivity index is 1.52. The van der Waals surface area contributed by atoms with Gasteiger partial charge in [-0.1, -0.05) is 30.7 Å². The number of piperidine rings is 1. The monoisotopic (exact) mass is 366 g/mol. The third-order valence-electron chi connectivity index (χ3n) is 4.83. The molecule has 6 heteroatoms. The van der Waals surface area contributed by atoms with Crippen molar-refractivity contribution in [2.24, 2.45) is 0 Å². The Morgan fingerprint density at radius 2 is 2.12 bits per heavy atom. The zero-order chi connectivity index (χ0) is 17.9. The number of aromatic amines is 1. The van der Waals surface area contributed by atoms with Gasteiger partial charge < -0.3 is 4.98 Å². The molecular weight excluding hydrogens is 344 g/mol. The van der Waals surface area contributed by atoms with E-state index in [1.54, 1.807) is 11.3 Å². The predicted octanol–water partition coefficient (Wildman–Crippen LogP) is 3.93. The largest absolute Gasteiger partial charge is 0.307 e. The van der Waals surface area contributed by atoms with Crippen molar-refractivity contribution in [2.45, 2.75) is 38.8 Å². The zero-order valence-electron chi connectivity index (χ0n) is 14.8. The first kappa shape index (κ1) is 17.1. The van der Waals surface area contributed by atoms with Gasteiger partial charge in [-0.25, -0.2) is 9.97 Å². The summed E-state index contributed by atoms with van der Waals surface area (Å²) in [6.07, 6.45) is 5.59. The van der Waals surface area contributed by atoms with E-state index in [9.17, 15) is 4.79 Å². The van der Waals surface area contributed by atoms with Crippen molar-refractivity contribution < 1.29 is 0 Å². The van der Waals surface area contributed by atoms with E-state index in [0.717, 1.165) is 24.3 Å². The molecule has 1 atom stereocenters. The topological polar surface area (TPSA) is 61.9 Å². The van der Waals surface area contributed by atoms with Crippen LogP contribution < -0.4 is 5.56 Å². The fourth-order valence-corrected chi connectivity index (χ4v) is 4.38. The summed E-state index contributed by atoms with van der Waals surface area (Å²) in [4.78, 5) is 26.0. The van der Waals surface area contributed by atoms with Gasteiger partial charge in [0.2, 0.25) is 0 Å². The molecule has 134 valence electrons. The molecule has 3 heterocycles. The van der Waals surface area contributed by atoms with Crippen LogP contribution in [0.3, 0.4) is 0 Å². The number of nitrogens with one attached hydrogen (secondary N) is 1. The lowest BCUT2D eigenvalue weighted by molar-refractivity contribution is 0.140. The maximum absolute atomic E-state index is 11.7. The SMILES string of the molecule is Cc1cc(=O)[nH]c(-c2ccc(CN3CCCCC3c3nccs3)cc2)n1. The van der Waals surface area contributed by atoms with Crippen LogP contribution in [0.5, 0.6) is 0 Å². The van der Waals surface area contributed by atoms with Crippen molar-refractivity contribution in [1.82, 2.24) is 19.9 Å². The van der Waals surface area contributed by atoms with E-state index < -0.39 is 0 Å². The lowest BCUT2D eigenvalue weighted by Gasteiger charge is -2.34. The van der Waals surface area contributed by atoms with E-state index in [0.29, 0.717) is 11.9 Å². The molecule has 0 spiro atoms. The minimum Gasteiger partial charge on any atom is -0.307 e. The second-order valence-electron chi connectivity index (χ2n) is 6.78. The number of benzene rings is 1. The van der Waals surface area contributed by atoms with Crippen LogP contribution in [-0.2, 0) is 6.54 Å². The molecule has 0 saturated carbocycles. The number of aryl methyl sites for hydroxylation is 1. The molecular formula is C20H22N4OS. The van der Waals surface area contributed by atoms with Crippen LogP contribution in [0.2, 0.25) is 0 Å². The molecule has 0 radical (unpaired) electrons. The number of aromatic nitrogens is 3. The Bertz CT molecular complexity index is 918. The predicted molar refractivity (Wildman–Crippen MR) is 104 cm³/mol. The first-order valence-electron chi connectivity index (χ1n) is 9.00. The third kappa shape index (κ3) is 3.76. The first-order valence-corrected chi connectivity index (χ1v) is 9.88. The molecule has 3 aromatic rings. The molecule has 26 heavy (non-hydrogen) atoms. The minimum absolute atomic E-state index is 0.115. The fourth-order valence-electron chi connectivity index (χ4n) is 3.58. The number of H-pyrrole nitrogens is 1. The number of likely N-dealkylation sites (tertiary alicyclic amines) is 1. The van der Waals surface area contributed by atoms with Gasteiger partial charge >= 0.3 is 0 Å². The minimum atomic E-state index is -0.115. The second kappa shape index (κ2) is 7.51. The summed E-state index contributed by atoms with van der Waals surface area (Å²) in [6.45, 7) is 3.86. The van der Waals surface area contributed by atoms with Gasteiger partial charge in [-0.15, -0.1) is 11.3 Å². The van der Waals surface area contributed by atoms with Crippen LogP contribution in [0, 0.1) is 6.92 Å². The van der Waals surface area contributed by atoms with Gasteiger partial charge in [0, 0.05) is 35.4 Å². The second-order valence-corrected chi connectivity index (χ2v) is 7.71. The summed E-state index contributed by atoms with van der Waals surface area (Å²) >= 11 is 1.75. The molecule has 1 aliphatic heterocycles. The van der Waals surface area contributed by atoms with Crippen molar-refractivity contribution in [2.75, 3.05) is 6.54 Å². The van der Waals surface area contributed by atoms with E-state index in [1.807, 2.05) is 25.3 Å². The molecule has 0 bridgehead atoms. The van der Waals surface area contributed by atoms with E-state index in [2.05, 4.69) is 37.4 Å². The number of hydrogen-bond donors (Lipinski definition) is 1. The molecule has 0 aliphatic carbocycles. The molecule has 1 saturated heterocycles. The summed E-state index contributed by atoms with van der Waals surface area (Å²) in [5.41, 5.74) is 2.82. The highest BCUT2D eigenvalue weighted by molar-refractivity contribution is 7.09. The van der Waals surface area contributed by atoms with Crippen LogP contribution in [0.15, 0.2) is 46.7 Å². The molecule has 1 N–H and O–H groups in total. The zero-order valence-corrected chi connectivity index (χ0v) is 15.6. The summed E-state index contributed by atoms with van der Waals surface area (Å²) in [7, 11) is 0. The lowest BCUT2D eigenvalue weighted by atomic mass is 10.0. The third-order valence-corrected chi connectivity index (χ3v) is 5.71. The number of nitrogens with zero attached hydrogens (tertiary/aromatic N) is 3. The van der Waals surface area contributed by atoms with Gasteiger partial charge in [-0.3, -0.25) is 9.69 Å². The van der Waals surface area contributed by atoms with Gasteiger partial charge in [0.1, 0.15) is 10.8 Å². The summed E-state index contributed by atoms with van der Waals surface area (Å²) in [5.74, 6) is 0.625. The van der Waals surface area contributed by atoms with Gasteiger partial charge in [0.25, 0.3) is 5.56 Å². The Kier molecular flexibility index (Phi) is 4.95. The van der Waals surface area contributed by atoms with Crippen molar-refractivity contribution in [3.8, 4) is 11.4 Å². The number of hydrogen-bond acceptors (Lipinski definition) is 5. The Morgan fingerprint density at radius 3 is 2.85 bits per heavy atom. The summed E-state index contributed by atoms with van der Waals surface area (Å²) in [6, 6.07) is 10.3. The quantitative estimate of drug-likeness (QED) is 0.760. The number of rotatable bonds is 4. The van der Waals surface area contributed by atoms with E-state index in [-0.39, 0.29) is 5.56 Å². The van der Waals surface area contributed by atoms with Gasteiger partial charge in [-0.05, 0) is 31.9 Å². The smallest absolute Gasteiger partial charge is 0.251 e. The normalized spacial score (nSPS) is 18.1. The molecule has 0 amide bonds. The van der Waals surface area contributed by atoms with Crippen molar-refractivity contribution in [3.05, 3.63) is 68.5 Å². The van der Waals surface area contributed by atoms with Crippen molar-refractivity contribution in [3.63, 3.8) is 0 Å². The highest BCUT2D eigenvalue weighted by atomic mass is 32.1. The van der Waals surface area contributed by atoms with Gasteiger partial charge in [-0.2, -0.15) is 0 Å². The first-order chi connectivity index (χ1) is 12.7. The number of thiazole rings is 1. The maximum atomic E-state index is 11.7. The Morgan fingerprint density at radius 1 is 1.27 bits per heavy atom. The van der Waals surface area contributed by atoms with Crippen LogP contribution in [0.25, 0.3) is 11.4 Å². The Hall–Kier alpha value is -2.31. The van der Waals surface area contributed by atoms with E-state index >= 15 is 0 Å². The molecule has 4 rings (SSSR count). The lowest BCUT2D eigenvalue weighted by Crippen LogP contribution is -2.32. The van der Waals surface area contributed by atoms with Gasteiger partial charge in [0.05, 0.1) is 6.04 Å². The van der Waals surface area contributed by atoms with Gasteiger partial charge in [0.15, 0.2) is 0 Å². The summed E-state index contributed by atoms with van der Waals surface area (Å²) in [5, 5.41) is 3.29. The highest BCUT2D eigenvalue weighted by Gasteiger charge is 2.25. The van der Waals surface area contributed by atoms with E-state index in [4.69, 9.17) is 0 Å². The highest BCUT2D eigenvalue weighted by Crippen LogP contribution is 2.33. The van der Waals surface area contributed by atoms with Crippen LogP contribution in [0.1, 0.15) is 41.6 Å². The maximum Gasteiger partial charge on any atom is 0.251 e. The average Bonchev–Trinajstić information content (AvgIpc) is 3.16. The fraction of sp³-hybridized carbons (Fsp3) is 0.350. The molecule has 1 aromatic carbocycles. The van der Waals surface area contributed by atoms with Crippen molar-refractivity contribution in [1.29, 1.82) is 0 Å². The van der Waals surface area contributed by atoms with Crippen molar-refractivity contribution >= 4 is 11.3 Å². The molecule has 1 aliphatic rings. The average molecular weight is 366 g/mol.